The lowest BCUT2D eigenvalue weighted by molar-refractivity contribution is 0.117. The van der Waals surface area contributed by atoms with Crippen molar-refractivity contribution in [2.75, 3.05) is 13.2 Å². The Kier molecular flexibility index (Phi) is 2.75. The van der Waals surface area contributed by atoms with Gasteiger partial charge in [0.2, 0.25) is 0 Å². The number of ether oxygens (including phenoxy) is 1. The minimum Gasteiger partial charge on any atom is -0.376 e. The van der Waals surface area contributed by atoms with E-state index in [-0.39, 0.29) is 0 Å². The van der Waals surface area contributed by atoms with Crippen LogP contribution in [0.2, 0.25) is 0 Å². The zero-order valence-corrected chi connectivity index (χ0v) is 9.69. The third-order valence-electron chi connectivity index (χ3n) is 3.89. The van der Waals surface area contributed by atoms with Crippen molar-refractivity contribution in [3.8, 4) is 0 Å². The molecule has 16 heavy (non-hydrogen) atoms. The number of hydrogen-bond acceptors (Lipinski definition) is 2. The highest BCUT2D eigenvalue weighted by atomic mass is 16.5. The molecule has 1 aliphatic heterocycles. The second kappa shape index (κ2) is 4.24. The van der Waals surface area contributed by atoms with E-state index in [9.17, 15) is 0 Å². The molecule has 2 aliphatic carbocycles. The Morgan fingerprint density at radius 2 is 2.25 bits per heavy atom. The fraction of sp³-hybridized carbons (Fsp3) is 0.917. The van der Waals surface area contributed by atoms with Gasteiger partial charge in [-0.2, -0.15) is 0 Å². The molecule has 0 aromatic heterocycles. The summed E-state index contributed by atoms with van der Waals surface area (Å²) in [5.41, 5.74) is 5.86. The first kappa shape index (κ1) is 10.4. The van der Waals surface area contributed by atoms with Crippen molar-refractivity contribution in [3.63, 3.8) is 0 Å². The predicted octanol–water partition coefficient (Wildman–Crippen LogP) is 0.868. The molecule has 0 aromatic rings. The molecule has 4 nitrogen and oxygen atoms in total. The van der Waals surface area contributed by atoms with E-state index < -0.39 is 0 Å². The molecule has 3 N–H and O–H groups in total. The summed E-state index contributed by atoms with van der Waals surface area (Å²) in [4.78, 5) is 4.36. The third-order valence-corrected chi connectivity index (χ3v) is 3.89. The number of hydrogen-bond donors (Lipinski definition) is 2. The van der Waals surface area contributed by atoms with Crippen LogP contribution < -0.4 is 11.1 Å². The van der Waals surface area contributed by atoms with Crippen LogP contribution in [0.25, 0.3) is 0 Å². The van der Waals surface area contributed by atoms with Gasteiger partial charge in [0.1, 0.15) is 0 Å². The van der Waals surface area contributed by atoms with Crippen LogP contribution in [-0.4, -0.2) is 31.3 Å². The molecule has 2 saturated carbocycles. The second-order valence-electron chi connectivity index (χ2n) is 5.35. The van der Waals surface area contributed by atoms with Crippen molar-refractivity contribution in [2.24, 2.45) is 22.6 Å². The van der Waals surface area contributed by atoms with Gasteiger partial charge in [0.05, 0.1) is 12.6 Å². The lowest BCUT2D eigenvalue weighted by Gasteiger charge is -2.08. The van der Waals surface area contributed by atoms with Crippen LogP contribution in [0.5, 0.6) is 0 Å². The summed E-state index contributed by atoms with van der Waals surface area (Å²) in [5.74, 6) is 2.49. The first-order valence-electron chi connectivity index (χ1n) is 6.51. The Hall–Kier alpha value is -0.770. The van der Waals surface area contributed by atoms with Gasteiger partial charge in [-0.3, -0.25) is 4.99 Å². The van der Waals surface area contributed by atoms with E-state index in [1.165, 1.54) is 25.7 Å². The molecule has 3 fully saturated rings. The molecule has 3 rings (SSSR count). The molecular formula is C12H21N3O. The summed E-state index contributed by atoms with van der Waals surface area (Å²) >= 11 is 0. The van der Waals surface area contributed by atoms with Crippen LogP contribution in [0.3, 0.4) is 0 Å². The monoisotopic (exact) mass is 223 g/mol. The second-order valence-corrected chi connectivity index (χ2v) is 5.35. The lowest BCUT2D eigenvalue weighted by Crippen LogP contribution is -2.35. The van der Waals surface area contributed by atoms with Gasteiger partial charge in [-0.05, 0) is 43.9 Å². The fourth-order valence-corrected chi connectivity index (χ4v) is 2.65. The van der Waals surface area contributed by atoms with Gasteiger partial charge < -0.3 is 15.8 Å². The number of rotatable bonds is 4. The van der Waals surface area contributed by atoms with E-state index in [0.29, 0.717) is 18.1 Å². The van der Waals surface area contributed by atoms with Crippen molar-refractivity contribution in [1.29, 1.82) is 0 Å². The maximum absolute atomic E-state index is 5.86. The maximum Gasteiger partial charge on any atom is 0.188 e. The van der Waals surface area contributed by atoms with Crippen LogP contribution in [0, 0.1) is 11.8 Å². The Balaban J connectivity index is 1.38. The van der Waals surface area contributed by atoms with Crippen molar-refractivity contribution in [2.45, 2.75) is 44.2 Å². The third kappa shape index (κ3) is 2.48. The quantitative estimate of drug-likeness (QED) is 0.549. The van der Waals surface area contributed by atoms with E-state index in [1.807, 2.05) is 0 Å². The number of nitrogens with zero attached hydrogens (tertiary/aromatic N) is 1. The molecule has 3 aliphatic rings. The zero-order chi connectivity index (χ0) is 11.0. The summed E-state index contributed by atoms with van der Waals surface area (Å²) in [6, 6.07) is 0.612. The normalized spacial score (nSPS) is 38.8. The molecule has 3 atom stereocenters. The Morgan fingerprint density at radius 1 is 1.38 bits per heavy atom. The van der Waals surface area contributed by atoms with E-state index in [2.05, 4.69) is 10.3 Å². The van der Waals surface area contributed by atoms with Gasteiger partial charge in [0.25, 0.3) is 0 Å². The highest BCUT2D eigenvalue weighted by Gasteiger charge is 2.47. The van der Waals surface area contributed by atoms with Crippen LogP contribution in [0.1, 0.15) is 32.1 Å². The molecular weight excluding hydrogens is 202 g/mol. The molecule has 1 saturated heterocycles. The van der Waals surface area contributed by atoms with Gasteiger partial charge in [-0.25, -0.2) is 0 Å². The fourth-order valence-electron chi connectivity index (χ4n) is 2.65. The summed E-state index contributed by atoms with van der Waals surface area (Å²) in [5, 5.41) is 3.32. The molecule has 0 bridgehead atoms. The van der Waals surface area contributed by atoms with Gasteiger partial charge in [0, 0.05) is 12.6 Å². The van der Waals surface area contributed by atoms with Crippen LogP contribution in [0.4, 0.5) is 0 Å². The number of nitrogens with two attached hydrogens (primary N) is 1. The van der Waals surface area contributed by atoms with E-state index in [1.54, 1.807) is 0 Å². The van der Waals surface area contributed by atoms with Crippen LogP contribution >= 0.6 is 0 Å². The molecule has 1 heterocycles. The first-order valence-corrected chi connectivity index (χ1v) is 6.51. The average Bonchev–Trinajstić information content (AvgIpc) is 3.16. The first-order chi connectivity index (χ1) is 7.83. The van der Waals surface area contributed by atoms with Crippen molar-refractivity contribution in [3.05, 3.63) is 0 Å². The molecule has 4 heteroatoms. The highest BCUT2D eigenvalue weighted by molar-refractivity contribution is 5.78. The van der Waals surface area contributed by atoms with Crippen molar-refractivity contribution in [1.82, 2.24) is 5.32 Å². The van der Waals surface area contributed by atoms with Crippen molar-refractivity contribution >= 4 is 5.96 Å². The Morgan fingerprint density at radius 3 is 2.94 bits per heavy atom. The maximum atomic E-state index is 5.86. The Bertz CT molecular complexity index is 282. The standard InChI is InChI=1S/C12H21N3O/c13-12(14-7-9-2-1-5-16-9)15-11-6-10(11)8-3-4-8/h8-11H,1-7H2,(H3,13,14,15)/t9?,10-,11+/m0/s1. The number of nitrogens with one attached hydrogen (secondary N) is 1. The lowest BCUT2D eigenvalue weighted by atomic mass is 10.2. The molecule has 0 aromatic carbocycles. The molecule has 0 radical (unpaired) electrons. The summed E-state index contributed by atoms with van der Waals surface area (Å²) in [6.45, 7) is 1.61. The van der Waals surface area contributed by atoms with E-state index >= 15 is 0 Å². The molecule has 1 unspecified atom stereocenters. The van der Waals surface area contributed by atoms with Crippen molar-refractivity contribution < 1.29 is 4.74 Å². The summed E-state index contributed by atoms with van der Waals surface area (Å²) < 4.78 is 5.50. The van der Waals surface area contributed by atoms with Crippen LogP contribution in [-0.2, 0) is 4.74 Å². The minimum absolute atomic E-state index is 0.304. The zero-order valence-electron chi connectivity index (χ0n) is 9.69. The molecule has 0 amide bonds. The highest BCUT2D eigenvalue weighted by Crippen LogP contribution is 2.49. The Labute approximate surface area is 96.6 Å². The topological polar surface area (TPSA) is 59.6 Å². The minimum atomic E-state index is 0.304. The van der Waals surface area contributed by atoms with Gasteiger partial charge in [-0.15, -0.1) is 0 Å². The van der Waals surface area contributed by atoms with Gasteiger partial charge >= 0.3 is 0 Å². The summed E-state index contributed by atoms with van der Waals surface area (Å²) in [6.07, 6.45) is 6.75. The van der Waals surface area contributed by atoms with Gasteiger partial charge in [-0.1, -0.05) is 0 Å². The number of guanidine groups is 1. The number of aliphatic imine (C=N–C) groups is 1. The predicted molar refractivity (Wildman–Crippen MR) is 63.2 cm³/mol. The smallest absolute Gasteiger partial charge is 0.188 e. The average molecular weight is 223 g/mol. The molecule has 90 valence electrons. The SMILES string of the molecule is NC(=NCC1CCCO1)N[C@@H]1C[C@H]1C1CC1. The van der Waals surface area contributed by atoms with E-state index in [4.69, 9.17) is 10.5 Å². The summed E-state index contributed by atoms with van der Waals surface area (Å²) in [7, 11) is 0. The van der Waals surface area contributed by atoms with E-state index in [0.717, 1.165) is 31.4 Å². The largest absolute Gasteiger partial charge is 0.376 e. The van der Waals surface area contributed by atoms with Crippen LogP contribution in [0.15, 0.2) is 4.99 Å². The van der Waals surface area contributed by atoms with Gasteiger partial charge in [0.15, 0.2) is 5.96 Å². The molecule has 0 spiro atoms.